The number of aliphatic carboxylic acids is 1. The maximum absolute atomic E-state index is 11.2. The Balaban J connectivity index is 2.20. The van der Waals surface area contributed by atoms with Crippen LogP contribution >= 0.6 is 0 Å². The van der Waals surface area contributed by atoms with Crippen LogP contribution in [0.15, 0.2) is 0 Å². The number of carboxylic acids is 1. The van der Waals surface area contributed by atoms with Crippen LogP contribution in [0, 0.1) is 17.3 Å². The van der Waals surface area contributed by atoms with Crippen molar-refractivity contribution in [1.82, 2.24) is 0 Å². The number of carboxylic acid groups (broad SMARTS) is 1. The second kappa shape index (κ2) is 3.84. The third-order valence-corrected chi connectivity index (χ3v) is 4.76. The first-order valence-electron chi connectivity index (χ1n) is 6.26. The van der Waals surface area contributed by atoms with E-state index in [1.807, 2.05) is 7.85 Å². The first-order valence-corrected chi connectivity index (χ1v) is 6.26. The maximum atomic E-state index is 11.2. The Labute approximate surface area is 92.8 Å². The van der Waals surface area contributed by atoms with Gasteiger partial charge in [-0.3, -0.25) is 4.79 Å². The quantitative estimate of drug-likeness (QED) is 0.705. The predicted octanol–water partition coefficient (Wildman–Crippen LogP) is 2.10. The van der Waals surface area contributed by atoms with Gasteiger partial charge >= 0.3 is 0 Å². The summed E-state index contributed by atoms with van der Waals surface area (Å²) in [4.78, 5) is 11.2. The lowest BCUT2D eigenvalue weighted by Crippen LogP contribution is -2.41. The highest BCUT2D eigenvalue weighted by molar-refractivity contribution is 6.22. The molecular formula is C12H21BO2. The van der Waals surface area contributed by atoms with Crippen LogP contribution in [0.25, 0.3) is 0 Å². The Morgan fingerprint density at radius 2 is 2.27 bits per heavy atom. The van der Waals surface area contributed by atoms with Crippen LogP contribution in [-0.2, 0) is 4.79 Å². The van der Waals surface area contributed by atoms with Gasteiger partial charge in [0, 0.05) is 5.82 Å². The van der Waals surface area contributed by atoms with Crippen LogP contribution in [-0.4, -0.2) is 18.9 Å². The molecule has 2 aliphatic rings. The van der Waals surface area contributed by atoms with Gasteiger partial charge < -0.3 is 5.11 Å². The van der Waals surface area contributed by atoms with Crippen molar-refractivity contribution < 1.29 is 9.90 Å². The molecule has 3 heteroatoms. The smallest absolute Gasteiger partial charge is 0.298 e. The summed E-state index contributed by atoms with van der Waals surface area (Å²) in [7, 11) is 1.92. The highest BCUT2D eigenvalue weighted by Gasteiger charge is 2.47. The zero-order valence-corrected chi connectivity index (χ0v) is 9.83. The third kappa shape index (κ3) is 1.93. The fraction of sp³-hybridized carbons (Fsp3) is 0.917. The van der Waals surface area contributed by atoms with Gasteiger partial charge in [0.25, 0.3) is 5.97 Å². The van der Waals surface area contributed by atoms with Gasteiger partial charge in [-0.05, 0) is 42.9 Å². The molecule has 0 radical (unpaired) electrons. The monoisotopic (exact) mass is 208 g/mol. The number of rotatable bonds is 2. The third-order valence-electron chi connectivity index (χ3n) is 4.76. The van der Waals surface area contributed by atoms with E-state index in [4.69, 9.17) is 0 Å². The van der Waals surface area contributed by atoms with E-state index >= 15 is 0 Å². The van der Waals surface area contributed by atoms with E-state index in [0.717, 1.165) is 24.7 Å². The average Bonchev–Trinajstić information content (AvgIpc) is 2.15. The molecule has 2 saturated carbocycles. The topological polar surface area (TPSA) is 37.3 Å². The Morgan fingerprint density at radius 3 is 2.93 bits per heavy atom. The van der Waals surface area contributed by atoms with Crippen molar-refractivity contribution in [2.45, 2.75) is 51.3 Å². The summed E-state index contributed by atoms with van der Waals surface area (Å²) in [5, 5.41) is 9.23. The molecule has 0 aromatic carbocycles. The van der Waals surface area contributed by atoms with Crippen LogP contribution in [0.3, 0.4) is 0 Å². The van der Waals surface area contributed by atoms with Crippen molar-refractivity contribution in [2.75, 3.05) is 0 Å². The zero-order valence-electron chi connectivity index (χ0n) is 9.83. The van der Waals surface area contributed by atoms with Crippen LogP contribution in [0.2, 0.25) is 5.82 Å². The minimum Gasteiger partial charge on any atom is -0.482 e. The van der Waals surface area contributed by atoms with E-state index in [-0.39, 0.29) is 11.2 Å². The molecule has 4 atom stereocenters. The number of hydrogen-bond donors (Lipinski definition) is 1. The molecule has 0 aromatic rings. The molecule has 0 amide bonds. The van der Waals surface area contributed by atoms with Gasteiger partial charge in [0.15, 0.2) is 0 Å². The molecule has 0 aliphatic heterocycles. The molecule has 2 bridgehead atoms. The second-order valence-electron chi connectivity index (χ2n) is 5.93. The van der Waals surface area contributed by atoms with Crippen molar-refractivity contribution in [3.8, 4) is 0 Å². The Kier molecular flexibility index (Phi) is 2.82. The molecule has 0 heterocycles. The molecule has 15 heavy (non-hydrogen) atoms. The number of carbonyl (C=O) groups is 1. The van der Waals surface area contributed by atoms with Gasteiger partial charge in [-0.2, -0.15) is 0 Å². The average molecular weight is 208 g/mol. The Hall–Kier alpha value is -0.465. The van der Waals surface area contributed by atoms with E-state index in [2.05, 4.69) is 6.92 Å². The van der Waals surface area contributed by atoms with E-state index < -0.39 is 5.97 Å². The van der Waals surface area contributed by atoms with Gasteiger partial charge in [-0.15, -0.1) is 0 Å². The van der Waals surface area contributed by atoms with Crippen LogP contribution in [0.5, 0.6) is 0 Å². The lowest BCUT2D eigenvalue weighted by Gasteiger charge is -2.50. The first-order chi connectivity index (χ1) is 7.03. The minimum absolute atomic E-state index is 0.131. The van der Waals surface area contributed by atoms with Crippen LogP contribution in [0.1, 0.15) is 45.4 Å². The number of hydrogen-bond acceptors (Lipinski definition) is 1. The Bertz CT molecular complexity index is 262. The largest absolute Gasteiger partial charge is 0.482 e. The molecule has 84 valence electrons. The Morgan fingerprint density at radius 1 is 1.53 bits per heavy atom. The molecule has 2 rings (SSSR count). The molecule has 2 aliphatic carbocycles. The summed E-state index contributed by atoms with van der Waals surface area (Å²) < 4.78 is 0. The first kappa shape index (κ1) is 11.0. The van der Waals surface area contributed by atoms with Crippen molar-refractivity contribution in [2.24, 2.45) is 17.3 Å². The SMILES string of the molecule is BC(C(=O)O)C12CCCC(CC(C)C1)C2. The lowest BCUT2D eigenvalue weighted by atomic mass is 9.50. The molecule has 2 nitrogen and oxygen atoms in total. The van der Waals surface area contributed by atoms with Gasteiger partial charge in [0.05, 0.1) is 0 Å². The molecule has 0 spiro atoms. The predicted molar refractivity (Wildman–Crippen MR) is 62.7 cm³/mol. The summed E-state index contributed by atoms with van der Waals surface area (Å²) >= 11 is 0. The van der Waals surface area contributed by atoms with E-state index in [1.54, 1.807) is 0 Å². The van der Waals surface area contributed by atoms with Crippen molar-refractivity contribution in [3.05, 3.63) is 0 Å². The van der Waals surface area contributed by atoms with E-state index in [9.17, 15) is 9.90 Å². The molecule has 4 unspecified atom stereocenters. The summed E-state index contributed by atoms with van der Waals surface area (Å²) in [5.41, 5.74) is 0.131. The van der Waals surface area contributed by atoms with Crippen LogP contribution < -0.4 is 0 Å². The van der Waals surface area contributed by atoms with E-state index in [0.29, 0.717) is 0 Å². The summed E-state index contributed by atoms with van der Waals surface area (Å²) in [6, 6.07) is 0. The van der Waals surface area contributed by atoms with Gasteiger partial charge in [0.1, 0.15) is 7.85 Å². The number of fused-ring (bicyclic) bond motifs is 2. The molecule has 2 fully saturated rings. The van der Waals surface area contributed by atoms with Gasteiger partial charge in [-0.25, -0.2) is 0 Å². The van der Waals surface area contributed by atoms with Gasteiger partial charge in [0.2, 0.25) is 0 Å². The normalized spacial score (nSPS) is 42.2. The molecule has 0 aromatic heterocycles. The summed E-state index contributed by atoms with van der Waals surface area (Å²) in [6.45, 7) is 2.29. The highest BCUT2D eigenvalue weighted by atomic mass is 16.4. The molecule has 1 N–H and O–H groups in total. The van der Waals surface area contributed by atoms with Crippen LogP contribution in [0.4, 0.5) is 0 Å². The van der Waals surface area contributed by atoms with Crippen molar-refractivity contribution >= 4 is 13.8 Å². The summed E-state index contributed by atoms with van der Waals surface area (Å²) in [5.74, 6) is 0.794. The highest BCUT2D eigenvalue weighted by Crippen LogP contribution is 2.56. The van der Waals surface area contributed by atoms with E-state index in [1.165, 1.54) is 25.7 Å². The fourth-order valence-corrected chi connectivity index (χ4v) is 4.09. The minimum atomic E-state index is -0.593. The maximum Gasteiger partial charge on any atom is 0.298 e. The zero-order chi connectivity index (χ0) is 11.1. The fourth-order valence-electron chi connectivity index (χ4n) is 4.09. The molecule has 0 saturated heterocycles. The second-order valence-corrected chi connectivity index (χ2v) is 5.93. The summed E-state index contributed by atoms with van der Waals surface area (Å²) in [6.07, 6.45) is 7.35. The van der Waals surface area contributed by atoms with Crippen molar-refractivity contribution in [1.29, 1.82) is 0 Å². The van der Waals surface area contributed by atoms with Crippen molar-refractivity contribution in [3.63, 3.8) is 0 Å². The standard InChI is InChI=1S/C12H21BO2/c1-8-5-9-3-2-4-12(6-8,7-9)10(13)11(14)15/h8-10H,2-7,13H2,1H3,(H,14,15). The van der Waals surface area contributed by atoms with Gasteiger partial charge in [-0.1, -0.05) is 19.8 Å². The lowest BCUT2D eigenvalue weighted by molar-refractivity contribution is -0.141. The molecular weight excluding hydrogens is 187 g/mol.